The predicted octanol–water partition coefficient (Wildman–Crippen LogP) is 2.27. The molecular weight excluding hydrogens is 148 g/mol. The van der Waals surface area contributed by atoms with E-state index >= 15 is 0 Å². The molecule has 0 rings (SSSR count). The fraction of sp³-hybridized carbons (Fsp3) is 0.500. The van der Waals surface area contributed by atoms with E-state index in [4.69, 9.17) is 15.0 Å². The first-order chi connectivity index (χ1) is 4.29. The molecule has 2 N–H and O–H groups in total. The molecule has 4 heteroatoms. The second-order valence-corrected chi connectivity index (χ2v) is 7.99. The highest BCUT2D eigenvalue weighted by molar-refractivity contribution is 6.80. The monoisotopic (exact) mass is 162 g/mol. The van der Waals surface area contributed by atoms with Crippen LogP contribution in [0.1, 0.15) is 0 Å². The summed E-state index contributed by atoms with van der Waals surface area (Å²) in [4.78, 5) is 8.56. The maximum absolute atomic E-state index is 8.56. The minimum Gasteiger partial charge on any atom is -0.450 e. The highest BCUT2D eigenvalue weighted by atomic mass is 28.3. The van der Waals surface area contributed by atoms with Gasteiger partial charge >= 0.3 is 6.16 Å². The van der Waals surface area contributed by atoms with Crippen molar-refractivity contribution in [3.05, 3.63) is 12.3 Å². The van der Waals surface area contributed by atoms with Crippen molar-refractivity contribution in [2.75, 3.05) is 0 Å². The summed E-state index contributed by atoms with van der Waals surface area (Å²) in [5.74, 6) is 0. The zero-order valence-corrected chi connectivity index (χ0v) is 7.59. The fourth-order valence-corrected chi connectivity index (χ4v) is 0. The van der Waals surface area contributed by atoms with Gasteiger partial charge in [0.1, 0.15) is 0 Å². The Morgan fingerprint density at radius 1 is 1.40 bits per heavy atom. The standard InChI is InChI=1S/C5H12Si.CH2O3/c1-5-6(2,3)4;2-1(3)4/h5H,1H2,2-4H3;(H2,2,3,4). The number of carboxylic acid groups (broad SMARTS) is 2. The summed E-state index contributed by atoms with van der Waals surface area (Å²) < 4.78 is 0. The molecule has 0 aromatic rings. The Kier molecular flexibility index (Phi) is 6.03. The van der Waals surface area contributed by atoms with Gasteiger partial charge in [-0.2, -0.15) is 0 Å². The first-order valence-corrected chi connectivity index (χ1v) is 6.43. The van der Waals surface area contributed by atoms with Crippen LogP contribution < -0.4 is 0 Å². The van der Waals surface area contributed by atoms with Crippen LogP contribution in [0.3, 0.4) is 0 Å². The van der Waals surface area contributed by atoms with Crippen molar-refractivity contribution in [3.63, 3.8) is 0 Å². The minimum atomic E-state index is -1.83. The van der Waals surface area contributed by atoms with E-state index in [1.807, 2.05) is 0 Å². The van der Waals surface area contributed by atoms with Crippen molar-refractivity contribution >= 4 is 14.2 Å². The van der Waals surface area contributed by atoms with Crippen LogP contribution in [0.5, 0.6) is 0 Å². The number of hydrogen-bond acceptors (Lipinski definition) is 1. The van der Waals surface area contributed by atoms with Crippen molar-refractivity contribution in [1.82, 2.24) is 0 Å². The Hall–Kier alpha value is -0.773. The third kappa shape index (κ3) is 56.5. The molecular formula is C6H14O3Si. The molecule has 0 radical (unpaired) electrons. The highest BCUT2D eigenvalue weighted by Crippen LogP contribution is 1.98. The summed E-state index contributed by atoms with van der Waals surface area (Å²) in [5, 5.41) is 13.9. The number of rotatable bonds is 1. The van der Waals surface area contributed by atoms with E-state index in [1.165, 1.54) is 0 Å². The summed E-state index contributed by atoms with van der Waals surface area (Å²) in [6.45, 7) is 10.5. The van der Waals surface area contributed by atoms with Gasteiger partial charge in [0.05, 0.1) is 8.07 Å². The summed E-state index contributed by atoms with van der Waals surface area (Å²) in [6, 6.07) is 0. The largest absolute Gasteiger partial charge is 0.503 e. The van der Waals surface area contributed by atoms with Gasteiger partial charge in [0.15, 0.2) is 0 Å². The third-order valence-corrected chi connectivity index (χ3v) is 1.84. The van der Waals surface area contributed by atoms with Crippen molar-refractivity contribution in [3.8, 4) is 0 Å². The Balaban J connectivity index is 0. The normalized spacial score (nSPS) is 9.10. The molecule has 0 heterocycles. The molecule has 0 amide bonds. The molecule has 0 bridgehead atoms. The molecule has 0 fully saturated rings. The molecule has 0 atom stereocenters. The van der Waals surface area contributed by atoms with Gasteiger partial charge in [-0.15, -0.1) is 12.3 Å². The molecule has 0 aromatic carbocycles. The lowest BCUT2D eigenvalue weighted by molar-refractivity contribution is 0.137. The van der Waals surface area contributed by atoms with Crippen LogP contribution in [-0.2, 0) is 0 Å². The van der Waals surface area contributed by atoms with Crippen LogP contribution in [-0.4, -0.2) is 24.4 Å². The number of carbonyl (C=O) groups is 1. The zero-order chi connectivity index (χ0) is 8.78. The summed E-state index contributed by atoms with van der Waals surface area (Å²) >= 11 is 0. The smallest absolute Gasteiger partial charge is 0.450 e. The summed E-state index contributed by atoms with van der Waals surface area (Å²) in [7, 11) is -0.867. The molecule has 0 saturated heterocycles. The molecule has 0 aliphatic heterocycles. The van der Waals surface area contributed by atoms with Crippen LogP contribution >= 0.6 is 0 Å². The molecule has 0 aromatic heterocycles. The fourth-order valence-electron chi connectivity index (χ4n) is 0. The van der Waals surface area contributed by atoms with E-state index in [2.05, 4.69) is 31.9 Å². The first-order valence-electron chi connectivity index (χ1n) is 2.85. The molecule has 10 heavy (non-hydrogen) atoms. The minimum absolute atomic E-state index is 0.867. The Morgan fingerprint density at radius 3 is 1.50 bits per heavy atom. The van der Waals surface area contributed by atoms with E-state index < -0.39 is 14.2 Å². The lowest BCUT2D eigenvalue weighted by Crippen LogP contribution is -2.14. The molecule has 60 valence electrons. The second kappa shape index (κ2) is 5.05. The maximum Gasteiger partial charge on any atom is 0.503 e. The van der Waals surface area contributed by atoms with E-state index in [0.717, 1.165) is 0 Å². The number of hydrogen-bond donors (Lipinski definition) is 2. The van der Waals surface area contributed by atoms with Gasteiger partial charge < -0.3 is 10.2 Å². The van der Waals surface area contributed by atoms with Crippen molar-refractivity contribution in [2.45, 2.75) is 19.6 Å². The van der Waals surface area contributed by atoms with E-state index in [-0.39, 0.29) is 0 Å². The van der Waals surface area contributed by atoms with Crippen molar-refractivity contribution in [1.29, 1.82) is 0 Å². The Labute approximate surface area is 62.0 Å². The SMILES string of the molecule is C=C[Si](C)(C)C.O=C(O)O. The van der Waals surface area contributed by atoms with Gasteiger partial charge in [0.25, 0.3) is 0 Å². The molecule has 0 aliphatic rings. The zero-order valence-electron chi connectivity index (χ0n) is 6.59. The lowest BCUT2D eigenvalue weighted by atomic mass is 11.3. The van der Waals surface area contributed by atoms with Crippen LogP contribution in [0.4, 0.5) is 4.79 Å². The van der Waals surface area contributed by atoms with Crippen LogP contribution in [0.25, 0.3) is 0 Å². The quantitative estimate of drug-likeness (QED) is 0.581. The van der Waals surface area contributed by atoms with Gasteiger partial charge in [-0.05, 0) is 0 Å². The third-order valence-electron chi connectivity index (χ3n) is 0.612. The molecule has 0 unspecified atom stereocenters. The van der Waals surface area contributed by atoms with E-state index in [9.17, 15) is 0 Å². The molecule has 0 spiro atoms. The van der Waals surface area contributed by atoms with Gasteiger partial charge in [0.2, 0.25) is 0 Å². The predicted molar refractivity (Wildman–Crippen MR) is 44.2 cm³/mol. The topological polar surface area (TPSA) is 57.5 Å². The van der Waals surface area contributed by atoms with Crippen LogP contribution in [0, 0.1) is 0 Å². The average molecular weight is 162 g/mol. The molecule has 0 aliphatic carbocycles. The summed E-state index contributed by atoms with van der Waals surface area (Å²) in [5.41, 5.74) is 2.08. The highest BCUT2D eigenvalue weighted by Gasteiger charge is 2.03. The van der Waals surface area contributed by atoms with Crippen LogP contribution in [0.15, 0.2) is 12.3 Å². The second-order valence-electron chi connectivity index (χ2n) is 2.85. The summed E-state index contributed by atoms with van der Waals surface area (Å²) in [6.07, 6.45) is -1.83. The first kappa shape index (κ1) is 12.0. The Bertz CT molecular complexity index is 111. The molecule has 3 nitrogen and oxygen atoms in total. The van der Waals surface area contributed by atoms with Gasteiger partial charge in [-0.3, -0.25) is 0 Å². The van der Waals surface area contributed by atoms with Gasteiger partial charge in [-0.25, -0.2) is 4.79 Å². The average Bonchev–Trinajstić information content (AvgIpc) is 1.63. The van der Waals surface area contributed by atoms with Crippen LogP contribution in [0.2, 0.25) is 19.6 Å². The van der Waals surface area contributed by atoms with Gasteiger partial charge in [0, 0.05) is 0 Å². The van der Waals surface area contributed by atoms with Gasteiger partial charge in [-0.1, -0.05) is 19.6 Å². The van der Waals surface area contributed by atoms with E-state index in [0.29, 0.717) is 0 Å². The molecule has 0 saturated carbocycles. The van der Waals surface area contributed by atoms with Crippen molar-refractivity contribution < 1.29 is 15.0 Å². The Morgan fingerprint density at radius 2 is 1.50 bits per heavy atom. The van der Waals surface area contributed by atoms with E-state index in [1.54, 1.807) is 0 Å². The lowest BCUT2D eigenvalue weighted by Gasteiger charge is -2.04. The van der Waals surface area contributed by atoms with Crippen molar-refractivity contribution in [2.24, 2.45) is 0 Å². The maximum atomic E-state index is 8.56.